The Morgan fingerprint density at radius 1 is 1.03 bits per heavy atom. The average Bonchev–Trinajstić information content (AvgIpc) is 3.13. The maximum absolute atomic E-state index is 13.1. The fraction of sp³-hybridized carbons (Fsp3) is 0.364. The summed E-state index contributed by atoms with van der Waals surface area (Å²) in [5.41, 5.74) is 1.03. The summed E-state index contributed by atoms with van der Waals surface area (Å²) in [5, 5.41) is 4.50. The minimum absolute atomic E-state index is 0.0778. The first-order valence-corrected chi connectivity index (χ1v) is 10.1. The molecular formula is C22H25N5O4. The van der Waals surface area contributed by atoms with Crippen LogP contribution in [0.4, 0.5) is 0 Å². The highest BCUT2D eigenvalue weighted by Gasteiger charge is 2.30. The Hall–Kier alpha value is -3.62. The van der Waals surface area contributed by atoms with E-state index in [4.69, 9.17) is 9.47 Å². The molecule has 1 aromatic carbocycles. The van der Waals surface area contributed by atoms with E-state index in [9.17, 15) is 9.59 Å². The van der Waals surface area contributed by atoms with E-state index in [0.29, 0.717) is 37.4 Å². The topological polar surface area (TPSA) is 91.5 Å². The smallest absolute Gasteiger partial charge is 0.350 e. The van der Waals surface area contributed by atoms with E-state index in [2.05, 4.69) is 10.1 Å². The summed E-state index contributed by atoms with van der Waals surface area (Å²) in [4.78, 5) is 31.7. The third-order valence-corrected chi connectivity index (χ3v) is 5.58. The lowest BCUT2D eigenvalue weighted by molar-refractivity contribution is 0.0706. The average molecular weight is 423 g/mol. The van der Waals surface area contributed by atoms with Crippen molar-refractivity contribution in [1.82, 2.24) is 24.2 Å². The van der Waals surface area contributed by atoms with Crippen LogP contribution in [0.3, 0.4) is 0 Å². The van der Waals surface area contributed by atoms with Crippen LogP contribution in [0.2, 0.25) is 0 Å². The second kappa shape index (κ2) is 8.63. The number of aryl methyl sites for hydroxylation is 1. The van der Waals surface area contributed by atoms with E-state index in [1.807, 2.05) is 30.3 Å². The second-order valence-electron chi connectivity index (χ2n) is 7.41. The largest absolute Gasteiger partial charge is 0.481 e. The molecule has 31 heavy (non-hydrogen) atoms. The van der Waals surface area contributed by atoms with Gasteiger partial charge in [0.2, 0.25) is 11.8 Å². The molecule has 0 bridgehead atoms. The highest BCUT2D eigenvalue weighted by molar-refractivity contribution is 5.96. The number of carbonyl (C=O) groups excluding carboxylic acids is 1. The lowest BCUT2D eigenvalue weighted by atomic mass is 9.95. The van der Waals surface area contributed by atoms with Gasteiger partial charge in [0, 0.05) is 32.1 Å². The Labute approximate surface area is 179 Å². The number of para-hydroxylation sites is 1. The molecule has 1 aliphatic heterocycles. The minimum atomic E-state index is -0.172. The number of methoxy groups -OCH3 is 2. The molecule has 3 aromatic rings. The number of pyridine rings is 1. The second-order valence-corrected chi connectivity index (χ2v) is 7.41. The highest BCUT2D eigenvalue weighted by Crippen LogP contribution is 2.29. The van der Waals surface area contributed by atoms with Crippen molar-refractivity contribution in [2.75, 3.05) is 27.3 Å². The molecule has 0 aliphatic carbocycles. The number of amides is 1. The molecular weight excluding hydrogens is 398 g/mol. The summed E-state index contributed by atoms with van der Waals surface area (Å²) in [7, 11) is 4.66. The van der Waals surface area contributed by atoms with Crippen LogP contribution in [0.15, 0.2) is 47.3 Å². The number of piperidine rings is 1. The molecule has 1 fully saturated rings. The molecule has 0 saturated carbocycles. The molecule has 4 rings (SSSR count). The SMILES string of the molecule is COc1ccc(C(=O)N2CCC(c3nn(C)c(=O)n3-c3ccccc3)CC2)c(OC)n1. The lowest BCUT2D eigenvalue weighted by Crippen LogP contribution is -2.38. The van der Waals surface area contributed by atoms with E-state index in [1.54, 1.807) is 28.6 Å². The third kappa shape index (κ3) is 3.90. The number of hydrogen-bond acceptors (Lipinski definition) is 6. The first-order valence-electron chi connectivity index (χ1n) is 10.1. The lowest BCUT2D eigenvalue weighted by Gasteiger charge is -2.31. The van der Waals surface area contributed by atoms with Gasteiger partial charge in [-0.1, -0.05) is 18.2 Å². The van der Waals surface area contributed by atoms with Crippen molar-refractivity contribution >= 4 is 5.91 Å². The summed E-state index contributed by atoms with van der Waals surface area (Å²) in [5.74, 6) is 1.31. The quantitative estimate of drug-likeness (QED) is 0.623. The zero-order valence-corrected chi connectivity index (χ0v) is 17.8. The number of carbonyl (C=O) groups is 1. The Bertz CT molecular complexity index is 1130. The summed E-state index contributed by atoms with van der Waals surface area (Å²) in [6.45, 7) is 1.11. The molecule has 1 saturated heterocycles. The van der Waals surface area contributed by atoms with Crippen LogP contribution in [0.1, 0.15) is 34.9 Å². The van der Waals surface area contributed by atoms with E-state index in [0.717, 1.165) is 11.5 Å². The van der Waals surface area contributed by atoms with Gasteiger partial charge in [-0.3, -0.25) is 4.79 Å². The van der Waals surface area contributed by atoms with Crippen molar-refractivity contribution in [2.24, 2.45) is 7.05 Å². The highest BCUT2D eigenvalue weighted by atomic mass is 16.5. The Kier molecular flexibility index (Phi) is 5.75. The minimum Gasteiger partial charge on any atom is -0.481 e. The molecule has 9 heteroatoms. The van der Waals surface area contributed by atoms with Crippen molar-refractivity contribution in [2.45, 2.75) is 18.8 Å². The normalized spacial score (nSPS) is 14.5. The number of rotatable bonds is 5. The molecule has 162 valence electrons. The molecule has 3 heterocycles. The van der Waals surface area contributed by atoms with Crippen LogP contribution in [0, 0.1) is 0 Å². The predicted octanol–water partition coefficient (Wildman–Crippen LogP) is 2.00. The van der Waals surface area contributed by atoms with E-state index in [-0.39, 0.29) is 23.4 Å². The molecule has 0 atom stereocenters. The molecule has 1 aliphatic rings. The Morgan fingerprint density at radius 2 is 1.74 bits per heavy atom. The molecule has 0 N–H and O–H groups in total. The number of likely N-dealkylation sites (tertiary alicyclic amines) is 1. The standard InChI is InChI=1S/C22H25N5O4/c1-25-22(29)27(16-7-5-4-6-8-16)19(24-25)15-11-13-26(14-12-15)21(28)17-9-10-18(30-2)23-20(17)31-3/h4-10,15H,11-14H2,1-3H3. The van der Waals surface area contributed by atoms with E-state index >= 15 is 0 Å². The van der Waals surface area contributed by atoms with Crippen molar-refractivity contribution in [3.8, 4) is 17.4 Å². The predicted molar refractivity (Wildman–Crippen MR) is 114 cm³/mol. The van der Waals surface area contributed by atoms with Crippen LogP contribution in [0.5, 0.6) is 11.8 Å². The fourth-order valence-electron chi connectivity index (χ4n) is 3.93. The molecule has 1 amide bonds. The first kappa shape index (κ1) is 20.6. The van der Waals surface area contributed by atoms with Crippen molar-refractivity contribution in [1.29, 1.82) is 0 Å². The van der Waals surface area contributed by atoms with Gasteiger partial charge in [-0.15, -0.1) is 0 Å². The molecule has 0 radical (unpaired) electrons. The van der Waals surface area contributed by atoms with Crippen LogP contribution in [-0.4, -0.2) is 57.4 Å². The van der Waals surface area contributed by atoms with Gasteiger partial charge in [0.05, 0.1) is 19.9 Å². The summed E-state index contributed by atoms with van der Waals surface area (Å²) >= 11 is 0. The number of nitrogens with zero attached hydrogens (tertiary/aromatic N) is 5. The van der Waals surface area contributed by atoms with Gasteiger partial charge < -0.3 is 14.4 Å². The Balaban J connectivity index is 1.53. The number of ether oxygens (including phenoxy) is 2. The molecule has 2 aromatic heterocycles. The van der Waals surface area contributed by atoms with Gasteiger partial charge in [-0.2, -0.15) is 10.1 Å². The van der Waals surface area contributed by atoms with Gasteiger partial charge in [0.25, 0.3) is 5.91 Å². The number of benzene rings is 1. The third-order valence-electron chi connectivity index (χ3n) is 5.58. The van der Waals surface area contributed by atoms with Gasteiger partial charge in [-0.05, 0) is 31.0 Å². The maximum Gasteiger partial charge on any atom is 0.350 e. The van der Waals surface area contributed by atoms with E-state index < -0.39 is 0 Å². The van der Waals surface area contributed by atoms with Crippen molar-refractivity contribution in [3.05, 3.63) is 64.3 Å². The zero-order valence-electron chi connectivity index (χ0n) is 17.8. The van der Waals surface area contributed by atoms with Crippen LogP contribution in [-0.2, 0) is 7.05 Å². The van der Waals surface area contributed by atoms with Gasteiger partial charge in [-0.25, -0.2) is 14.0 Å². The summed E-state index contributed by atoms with van der Waals surface area (Å²) < 4.78 is 13.4. The first-order chi connectivity index (χ1) is 15.0. The molecule has 0 spiro atoms. The van der Waals surface area contributed by atoms with E-state index in [1.165, 1.54) is 18.9 Å². The zero-order chi connectivity index (χ0) is 22.0. The maximum atomic E-state index is 13.1. The molecule has 9 nitrogen and oxygen atoms in total. The van der Waals surface area contributed by atoms with Gasteiger partial charge >= 0.3 is 5.69 Å². The van der Waals surface area contributed by atoms with Gasteiger partial charge in [0.15, 0.2) is 0 Å². The Morgan fingerprint density at radius 3 is 2.39 bits per heavy atom. The number of aromatic nitrogens is 4. The van der Waals surface area contributed by atoms with Gasteiger partial charge in [0.1, 0.15) is 11.4 Å². The summed E-state index contributed by atoms with van der Waals surface area (Å²) in [6, 6.07) is 12.8. The monoisotopic (exact) mass is 423 g/mol. The van der Waals surface area contributed by atoms with Crippen molar-refractivity contribution in [3.63, 3.8) is 0 Å². The number of hydrogen-bond donors (Lipinski definition) is 0. The summed E-state index contributed by atoms with van der Waals surface area (Å²) in [6.07, 6.45) is 1.42. The van der Waals surface area contributed by atoms with Crippen molar-refractivity contribution < 1.29 is 14.3 Å². The van der Waals surface area contributed by atoms with Crippen LogP contribution < -0.4 is 15.2 Å². The van der Waals surface area contributed by atoms with Crippen LogP contribution >= 0.6 is 0 Å². The fourth-order valence-corrected chi connectivity index (χ4v) is 3.93. The van der Waals surface area contributed by atoms with Crippen LogP contribution in [0.25, 0.3) is 5.69 Å². The molecule has 0 unspecified atom stereocenters.